The zero-order valence-corrected chi connectivity index (χ0v) is 13.1. The van der Waals surface area contributed by atoms with E-state index in [1.807, 2.05) is 37.3 Å². The predicted octanol–water partition coefficient (Wildman–Crippen LogP) is 1.87. The topological polar surface area (TPSA) is 102 Å². The third-order valence-corrected chi connectivity index (χ3v) is 3.76. The number of benzene rings is 1. The number of nitrogens with two attached hydrogens (primary N) is 1. The maximum atomic E-state index is 10.3. The lowest BCUT2D eigenvalue weighted by molar-refractivity contribution is 0.162. The summed E-state index contributed by atoms with van der Waals surface area (Å²) < 4.78 is 1.65. The normalized spacial score (nSPS) is 13.9. The first-order chi connectivity index (χ1) is 11.0. The van der Waals surface area contributed by atoms with Gasteiger partial charge in [0.15, 0.2) is 5.65 Å². The lowest BCUT2D eigenvalue weighted by atomic mass is 10.0. The van der Waals surface area contributed by atoms with E-state index in [9.17, 15) is 5.11 Å². The molecule has 0 saturated carbocycles. The fraction of sp³-hybridized carbons (Fsp3) is 0.312. The molecule has 120 valence electrons. The van der Waals surface area contributed by atoms with Crippen LogP contribution in [0.15, 0.2) is 36.5 Å². The van der Waals surface area contributed by atoms with E-state index in [0.717, 1.165) is 10.9 Å². The molecule has 23 heavy (non-hydrogen) atoms. The van der Waals surface area contributed by atoms with Gasteiger partial charge in [0.1, 0.15) is 5.82 Å². The smallest absolute Gasteiger partial charge is 0.226 e. The maximum Gasteiger partial charge on any atom is 0.226 e. The highest BCUT2D eigenvalue weighted by Gasteiger charge is 2.15. The van der Waals surface area contributed by atoms with Crippen LogP contribution in [-0.4, -0.2) is 30.9 Å². The summed E-state index contributed by atoms with van der Waals surface area (Å²) in [7, 11) is 1.81. The molecule has 7 nitrogen and oxygen atoms in total. The number of aryl methyl sites for hydroxylation is 1. The lowest BCUT2D eigenvalue weighted by Crippen LogP contribution is -2.20. The average Bonchev–Trinajstić information content (AvgIpc) is 2.90. The number of aromatic nitrogens is 4. The highest BCUT2D eigenvalue weighted by Crippen LogP contribution is 2.21. The molecule has 0 spiro atoms. The molecule has 0 fully saturated rings. The van der Waals surface area contributed by atoms with E-state index in [1.54, 1.807) is 17.9 Å². The van der Waals surface area contributed by atoms with Gasteiger partial charge in [0.25, 0.3) is 0 Å². The summed E-state index contributed by atoms with van der Waals surface area (Å²) in [5.41, 5.74) is 7.51. The summed E-state index contributed by atoms with van der Waals surface area (Å²) in [6.45, 7) is 1.97. The zero-order valence-electron chi connectivity index (χ0n) is 13.1. The Labute approximate surface area is 134 Å². The summed E-state index contributed by atoms with van der Waals surface area (Å²) in [6, 6.07) is 9.56. The van der Waals surface area contributed by atoms with Gasteiger partial charge < -0.3 is 16.2 Å². The summed E-state index contributed by atoms with van der Waals surface area (Å²) in [6.07, 6.45) is 1.64. The largest absolute Gasteiger partial charge is 0.388 e. The number of fused-ring (bicyclic) bond motifs is 1. The van der Waals surface area contributed by atoms with Crippen molar-refractivity contribution in [3.05, 3.63) is 42.1 Å². The van der Waals surface area contributed by atoms with Crippen LogP contribution in [0.1, 0.15) is 25.0 Å². The van der Waals surface area contributed by atoms with Crippen LogP contribution >= 0.6 is 0 Å². The molecule has 1 aromatic carbocycles. The second kappa shape index (κ2) is 6.21. The first-order valence-electron chi connectivity index (χ1n) is 7.49. The van der Waals surface area contributed by atoms with Crippen LogP contribution in [0.3, 0.4) is 0 Å². The highest BCUT2D eigenvalue weighted by atomic mass is 16.3. The molecule has 0 amide bonds. The Bertz CT molecular complexity index is 801. The van der Waals surface area contributed by atoms with Gasteiger partial charge in [-0.25, -0.2) is 0 Å². The molecule has 0 aliphatic rings. The molecule has 0 aliphatic carbocycles. The fourth-order valence-electron chi connectivity index (χ4n) is 2.53. The Balaban J connectivity index is 1.72. The SMILES string of the molecule is CC(CC(O)c1ccccc1)Nc1nc(N)c2cnn(C)c2n1. The summed E-state index contributed by atoms with van der Waals surface area (Å²) >= 11 is 0. The highest BCUT2D eigenvalue weighted by molar-refractivity contribution is 5.86. The van der Waals surface area contributed by atoms with Crippen molar-refractivity contribution in [1.82, 2.24) is 19.7 Å². The van der Waals surface area contributed by atoms with Crippen molar-refractivity contribution in [2.24, 2.45) is 7.05 Å². The van der Waals surface area contributed by atoms with Crippen molar-refractivity contribution >= 4 is 22.8 Å². The van der Waals surface area contributed by atoms with Crippen molar-refractivity contribution in [3.63, 3.8) is 0 Å². The molecule has 2 heterocycles. The molecule has 3 rings (SSSR count). The van der Waals surface area contributed by atoms with Gasteiger partial charge in [-0.2, -0.15) is 15.1 Å². The molecule has 4 N–H and O–H groups in total. The van der Waals surface area contributed by atoms with Crippen molar-refractivity contribution < 1.29 is 5.11 Å². The molecule has 0 radical (unpaired) electrons. The Morgan fingerprint density at radius 3 is 2.74 bits per heavy atom. The van der Waals surface area contributed by atoms with Crippen LogP contribution in [0, 0.1) is 0 Å². The van der Waals surface area contributed by atoms with Gasteiger partial charge in [0.05, 0.1) is 17.7 Å². The zero-order chi connectivity index (χ0) is 16.4. The van der Waals surface area contributed by atoms with E-state index in [0.29, 0.717) is 23.8 Å². The van der Waals surface area contributed by atoms with Gasteiger partial charge in [-0.1, -0.05) is 30.3 Å². The number of rotatable bonds is 5. The van der Waals surface area contributed by atoms with Gasteiger partial charge in [0, 0.05) is 13.1 Å². The van der Waals surface area contributed by atoms with Gasteiger partial charge in [0.2, 0.25) is 5.95 Å². The number of aliphatic hydroxyl groups excluding tert-OH is 1. The molecule has 0 saturated heterocycles. The van der Waals surface area contributed by atoms with Crippen molar-refractivity contribution in [2.75, 3.05) is 11.1 Å². The van der Waals surface area contributed by atoms with Crippen molar-refractivity contribution in [1.29, 1.82) is 0 Å². The summed E-state index contributed by atoms with van der Waals surface area (Å²) in [5, 5.41) is 18.3. The number of hydrogen-bond acceptors (Lipinski definition) is 6. The number of anilines is 2. The first-order valence-corrected chi connectivity index (χ1v) is 7.49. The molecule has 2 unspecified atom stereocenters. The van der Waals surface area contributed by atoms with Crippen LogP contribution in [-0.2, 0) is 7.05 Å². The number of hydrogen-bond donors (Lipinski definition) is 3. The summed E-state index contributed by atoms with van der Waals surface area (Å²) in [5.74, 6) is 0.827. The Kier molecular flexibility index (Phi) is 4.12. The third-order valence-electron chi connectivity index (χ3n) is 3.76. The minimum atomic E-state index is -0.545. The van der Waals surface area contributed by atoms with Crippen molar-refractivity contribution in [2.45, 2.75) is 25.5 Å². The fourth-order valence-corrected chi connectivity index (χ4v) is 2.53. The van der Waals surface area contributed by atoms with Crippen LogP contribution in [0.5, 0.6) is 0 Å². The second-order valence-electron chi connectivity index (χ2n) is 5.65. The monoisotopic (exact) mass is 312 g/mol. The van der Waals surface area contributed by atoms with E-state index >= 15 is 0 Å². The predicted molar refractivity (Wildman–Crippen MR) is 89.8 cm³/mol. The third kappa shape index (κ3) is 3.24. The molecular weight excluding hydrogens is 292 g/mol. The van der Waals surface area contributed by atoms with Crippen LogP contribution in [0.25, 0.3) is 11.0 Å². The van der Waals surface area contributed by atoms with Gasteiger partial charge in [-0.3, -0.25) is 4.68 Å². The van der Waals surface area contributed by atoms with E-state index in [2.05, 4.69) is 20.4 Å². The molecule has 3 aromatic rings. The molecule has 2 atom stereocenters. The lowest BCUT2D eigenvalue weighted by Gasteiger charge is -2.18. The molecule has 7 heteroatoms. The quantitative estimate of drug-likeness (QED) is 0.665. The van der Waals surface area contributed by atoms with Gasteiger partial charge >= 0.3 is 0 Å². The number of nitrogens with one attached hydrogen (secondary N) is 1. The first kappa shape index (κ1) is 15.2. The van der Waals surface area contributed by atoms with Gasteiger partial charge in [-0.05, 0) is 18.9 Å². The van der Waals surface area contributed by atoms with Crippen LogP contribution in [0.2, 0.25) is 0 Å². The minimum Gasteiger partial charge on any atom is -0.388 e. The number of nitrogens with zero attached hydrogens (tertiary/aromatic N) is 4. The molecule has 0 bridgehead atoms. The maximum absolute atomic E-state index is 10.3. The average molecular weight is 312 g/mol. The number of nitrogen functional groups attached to an aromatic ring is 1. The molecule has 2 aromatic heterocycles. The van der Waals surface area contributed by atoms with E-state index < -0.39 is 6.10 Å². The van der Waals surface area contributed by atoms with Crippen molar-refractivity contribution in [3.8, 4) is 0 Å². The molecular formula is C16H20N6O. The van der Waals surface area contributed by atoms with Crippen LogP contribution < -0.4 is 11.1 Å². The molecule has 0 aliphatic heterocycles. The Hall–Kier alpha value is -2.67. The number of aliphatic hydroxyl groups is 1. The van der Waals surface area contributed by atoms with E-state index in [4.69, 9.17) is 5.73 Å². The van der Waals surface area contributed by atoms with E-state index in [-0.39, 0.29) is 6.04 Å². The Morgan fingerprint density at radius 1 is 1.26 bits per heavy atom. The second-order valence-corrected chi connectivity index (χ2v) is 5.65. The van der Waals surface area contributed by atoms with Gasteiger partial charge in [-0.15, -0.1) is 0 Å². The Morgan fingerprint density at radius 2 is 2.00 bits per heavy atom. The minimum absolute atomic E-state index is 0.0183. The van der Waals surface area contributed by atoms with E-state index in [1.165, 1.54) is 0 Å². The summed E-state index contributed by atoms with van der Waals surface area (Å²) in [4.78, 5) is 8.69. The standard InChI is InChI=1S/C16H20N6O/c1-10(8-13(23)11-6-4-3-5-7-11)19-16-20-14(17)12-9-18-22(2)15(12)21-16/h3-7,9-10,13,23H,8H2,1-2H3,(H3,17,19,20,21). The van der Waals surface area contributed by atoms with Crippen LogP contribution in [0.4, 0.5) is 11.8 Å².